The second-order valence-electron chi connectivity index (χ2n) is 4.08. The van der Waals surface area contributed by atoms with Crippen LogP contribution in [0.15, 0.2) is 17.2 Å². The molecule has 0 aliphatic carbocycles. The van der Waals surface area contributed by atoms with E-state index in [9.17, 15) is 20.2 Å². The number of amidine groups is 1. The Morgan fingerprint density at radius 1 is 1.43 bits per heavy atom. The monoisotopic (exact) mass is 321 g/mol. The molecule has 23 heavy (non-hydrogen) atoms. The Morgan fingerprint density at radius 2 is 2.09 bits per heavy atom. The third-order valence-corrected chi connectivity index (χ3v) is 2.63. The summed E-state index contributed by atoms with van der Waals surface area (Å²) in [6.07, 6.45) is -0.173. The zero-order valence-corrected chi connectivity index (χ0v) is 11.5. The number of rotatable bonds is 7. The van der Waals surface area contributed by atoms with Gasteiger partial charge >= 0.3 is 0 Å². The summed E-state index contributed by atoms with van der Waals surface area (Å²) in [5, 5.41) is 50.3. The molecule has 1 aromatic carbocycles. The first kappa shape index (κ1) is 17.5. The second-order valence-corrected chi connectivity index (χ2v) is 4.08. The minimum absolute atomic E-state index is 0.0345. The Bertz CT molecular complexity index is 737. The topological polar surface area (TPSA) is 205 Å². The van der Waals surface area contributed by atoms with E-state index in [0.717, 1.165) is 12.1 Å². The van der Waals surface area contributed by atoms with E-state index >= 15 is 0 Å². The van der Waals surface area contributed by atoms with Gasteiger partial charge in [-0.3, -0.25) is 31.1 Å². The number of non-ortho nitro benzene ring substituents is 1. The number of nitro groups is 2. The quantitative estimate of drug-likeness (QED) is 0.236. The molecule has 0 fully saturated rings. The summed E-state index contributed by atoms with van der Waals surface area (Å²) in [6.45, 7) is -0.450. The second kappa shape index (κ2) is 7.43. The molecule has 0 aliphatic heterocycles. The zero-order valence-electron chi connectivity index (χ0n) is 11.5. The summed E-state index contributed by atoms with van der Waals surface area (Å²) in [7, 11) is 0. The molecule has 0 saturated heterocycles. The smallest absolute Gasteiger partial charge is 0.281 e. The van der Waals surface area contributed by atoms with Crippen molar-refractivity contribution in [3.05, 3.63) is 37.9 Å². The number of hydrogen-bond acceptors (Lipinski definition) is 9. The first-order valence-corrected chi connectivity index (χ1v) is 5.96. The summed E-state index contributed by atoms with van der Waals surface area (Å²) in [5.74, 6) is -0.649. The average Bonchev–Trinajstić information content (AvgIpc) is 2.48. The van der Waals surface area contributed by atoms with Crippen LogP contribution in [0.25, 0.3) is 0 Å². The third-order valence-electron chi connectivity index (χ3n) is 2.63. The fourth-order valence-electron chi connectivity index (χ4n) is 1.65. The number of nitriles is 1. The molecule has 5 N–H and O–H groups in total. The molecule has 0 spiro atoms. The predicted molar refractivity (Wildman–Crippen MR) is 79.1 cm³/mol. The van der Waals surface area contributed by atoms with Crippen LogP contribution in [0.2, 0.25) is 0 Å². The fraction of sp³-hybridized carbons (Fsp3) is 0.182. The number of hydrogen-bond donors (Lipinski definition) is 4. The summed E-state index contributed by atoms with van der Waals surface area (Å²) in [5.41, 5.74) is 5.51. The molecule has 120 valence electrons. The maximum Gasteiger partial charge on any atom is 0.281 e. The highest BCUT2D eigenvalue weighted by atomic mass is 16.6. The van der Waals surface area contributed by atoms with E-state index in [1.807, 2.05) is 0 Å². The van der Waals surface area contributed by atoms with E-state index in [2.05, 4.69) is 10.5 Å². The van der Waals surface area contributed by atoms with Crippen molar-refractivity contribution in [3.8, 4) is 6.07 Å². The van der Waals surface area contributed by atoms with Crippen LogP contribution in [0, 0.1) is 37.0 Å². The summed E-state index contributed by atoms with van der Waals surface area (Å²) >= 11 is 0. The van der Waals surface area contributed by atoms with Crippen LogP contribution >= 0.6 is 0 Å². The van der Waals surface area contributed by atoms with Crippen LogP contribution in [-0.2, 0) is 6.42 Å². The van der Waals surface area contributed by atoms with Crippen LogP contribution in [0.1, 0.15) is 5.56 Å². The van der Waals surface area contributed by atoms with Gasteiger partial charge < -0.3 is 10.8 Å². The molecule has 0 heterocycles. The number of nitro benzene ring substituents is 2. The first-order valence-electron chi connectivity index (χ1n) is 5.96. The molecule has 0 unspecified atom stereocenters. The standard InChI is InChI=1S/C11H11N7O5/c12-5-9(11(13)14)16-15-8-3-6(17(20)21)4-10(18(22)23)7(8)1-2-19/h3-4,15,19H,1-2H2,(H3,13,14)/b16-9+. The van der Waals surface area contributed by atoms with Gasteiger partial charge in [-0.15, -0.1) is 0 Å². The van der Waals surface area contributed by atoms with Gasteiger partial charge in [-0.05, 0) is 0 Å². The zero-order chi connectivity index (χ0) is 17.6. The molecular weight excluding hydrogens is 310 g/mol. The highest BCUT2D eigenvalue weighted by Gasteiger charge is 2.23. The average molecular weight is 321 g/mol. The lowest BCUT2D eigenvalue weighted by Gasteiger charge is -2.09. The van der Waals surface area contributed by atoms with Crippen LogP contribution in [0.5, 0.6) is 0 Å². The largest absolute Gasteiger partial charge is 0.396 e. The number of nitrogens with zero attached hydrogens (tertiary/aromatic N) is 4. The van der Waals surface area contributed by atoms with Crippen LogP contribution in [0.4, 0.5) is 17.1 Å². The molecule has 0 atom stereocenters. The van der Waals surface area contributed by atoms with Crippen molar-refractivity contribution < 1.29 is 15.0 Å². The lowest BCUT2D eigenvalue weighted by atomic mass is 10.1. The van der Waals surface area contributed by atoms with E-state index in [1.165, 1.54) is 6.07 Å². The van der Waals surface area contributed by atoms with Gasteiger partial charge in [-0.25, -0.2) is 0 Å². The van der Waals surface area contributed by atoms with E-state index in [0.29, 0.717) is 0 Å². The van der Waals surface area contributed by atoms with E-state index in [4.69, 9.17) is 21.5 Å². The number of aliphatic hydroxyl groups excluding tert-OH is 1. The molecule has 0 radical (unpaired) electrons. The van der Waals surface area contributed by atoms with Crippen molar-refractivity contribution in [2.24, 2.45) is 10.8 Å². The fourth-order valence-corrected chi connectivity index (χ4v) is 1.65. The Kier molecular flexibility index (Phi) is 5.64. The van der Waals surface area contributed by atoms with Gasteiger partial charge in [0.15, 0.2) is 5.84 Å². The van der Waals surface area contributed by atoms with Gasteiger partial charge in [-0.2, -0.15) is 10.4 Å². The van der Waals surface area contributed by atoms with E-state index in [1.54, 1.807) is 0 Å². The SMILES string of the molecule is N#C/C(=N\Nc1cc([N+](=O)[O-])cc([N+](=O)[O-])c1CCO)C(=N)N. The minimum atomic E-state index is -0.833. The van der Waals surface area contributed by atoms with Crippen molar-refractivity contribution >= 4 is 28.6 Å². The number of nitrogens with one attached hydrogen (secondary N) is 2. The van der Waals surface area contributed by atoms with Crippen molar-refractivity contribution in [1.82, 2.24) is 0 Å². The number of nitrogens with two attached hydrogens (primary N) is 1. The van der Waals surface area contributed by atoms with Crippen molar-refractivity contribution in [3.63, 3.8) is 0 Å². The van der Waals surface area contributed by atoms with Gasteiger partial charge in [0.05, 0.1) is 27.2 Å². The van der Waals surface area contributed by atoms with Gasteiger partial charge in [-0.1, -0.05) is 0 Å². The Labute approximate surface area is 128 Å². The molecule has 1 aromatic rings. The van der Waals surface area contributed by atoms with Crippen molar-refractivity contribution in [2.45, 2.75) is 6.42 Å². The third kappa shape index (κ3) is 4.19. The molecule has 12 nitrogen and oxygen atoms in total. The number of anilines is 1. The van der Waals surface area contributed by atoms with Gasteiger partial charge in [0.25, 0.3) is 11.4 Å². The Morgan fingerprint density at radius 3 is 2.52 bits per heavy atom. The predicted octanol–water partition coefficient (Wildman–Crippen LogP) is 0.265. The maximum atomic E-state index is 11.1. The molecule has 0 aromatic heterocycles. The van der Waals surface area contributed by atoms with Crippen LogP contribution < -0.4 is 11.2 Å². The van der Waals surface area contributed by atoms with Crippen LogP contribution in [0.3, 0.4) is 0 Å². The normalized spacial score (nSPS) is 10.7. The number of benzene rings is 1. The number of aliphatic hydroxyl groups is 1. The van der Waals surface area contributed by atoms with E-state index in [-0.39, 0.29) is 17.7 Å². The first-order chi connectivity index (χ1) is 10.8. The molecule has 0 bridgehead atoms. The van der Waals surface area contributed by atoms with Gasteiger partial charge in [0.1, 0.15) is 6.07 Å². The summed E-state index contributed by atoms with van der Waals surface area (Å²) < 4.78 is 0. The van der Waals surface area contributed by atoms with Crippen molar-refractivity contribution in [1.29, 1.82) is 10.7 Å². The molecule has 0 amide bonds. The lowest BCUT2D eigenvalue weighted by Crippen LogP contribution is -2.22. The van der Waals surface area contributed by atoms with Gasteiger partial charge in [0.2, 0.25) is 5.71 Å². The summed E-state index contributed by atoms with van der Waals surface area (Å²) in [6, 6.07) is 3.25. The summed E-state index contributed by atoms with van der Waals surface area (Å²) in [4.78, 5) is 20.3. The molecule has 1 rings (SSSR count). The Balaban J connectivity index is 3.48. The molecule has 0 aliphatic rings. The molecular formula is C11H11N7O5. The minimum Gasteiger partial charge on any atom is -0.396 e. The highest BCUT2D eigenvalue weighted by Crippen LogP contribution is 2.32. The van der Waals surface area contributed by atoms with Gasteiger partial charge in [0, 0.05) is 19.1 Å². The van der Waals surface area contributed by atoms with Crippen molar-refractivity contribution in [2.75, 3.05) is 12.0 Å². The highest BCUT2D eigenvalue weighted by molar-refractivity contribution is 6.45. The molecule has 0 saturated carbocycles. The molecule has 12 heteroatoms. The van der Waals surface area contributed by atoms with Crippen LogP contribution in [-0.4, -0.2) is 33.1 Å². The lowest BCUT2D eigenvalue weighted by molar-refractivity contribution is -0.394. The Hall–Kier alpha value is -3.59. The maximum absolute atomic E-state index is 11.1. The van der Waals surface area contributed by atoms with E-state index < -0.39 is 39.4 Å². The number of hydrazone groups is 1.